The Kier molecular flexibility index (Phi) is 3.01. The monoisotopic (exact) mass is 182 g/mol. The van der Waals surface area contributed by atoms with Crippen molar-refractivity contribution in [2.24, 2.45) is 0 Å². The largest absolute Gasteiger partial charge is 0.374 e. The second-order valence-electron chi connectivity index (χ2n) is 3.78. The molecule has 0 spiro atoms. The summed E-state index contributed by atoms with van der Waals surface area (Å²) in [7, 11) is 0. The van der Waals surface area contributed by atoms with Crippen LogP contribution in [0.15, 0.2) is 11.6 Å². The Hall–Kier alpha value is -0.340. The van der Waals surface area contributed by atoms with Gasteiger partial charge in [0.15, 0.2) is 0 Å². The highest BCUT2D eigenvalue weighted by Crippen LogP contribution is 2.29. The Morgan fingerprint density at radius 3 is 3.31 bits per heavy atom. The molecule has 74 valence electrons. The molecular formula is C11H18O2. The third-order valence-electron chi connectivity index (χ3n) is 2.84. The molecule has 1 fully saturated rings. The summed E-state index contributed by atoms with van der Waals surface area (Å²) in [6, 6.07) is 0. The second kappa shape index (κ2) is 4.25. The normalized spacial score (nSPS) is 33.8. The van der Waals surface area contributed by atoms with E-state index < -0.39 is 0 Å². The topological polar surface area (TPSA) is 18.5 Å². The van der Waals surface area contributed by atoms with Crippen molar-refractivity contribution < 1.29 is 9.47 Å². The van der Waals surface area contributed by atoms with Crippen LogP contribution in [0.4, 0.5) is 0 Å². The van der Waals surface area contributed by atoms with Crippen LogP contribution in [0.1, 0.15) is 32.6 Å². The summed E-state index contributed by atoms with van der Waals surface area (Å²) < 4.78 is 11.3. The van der Waals surface area contributed by atoms with E-state index in [1.54, 1.807) is 0 Å². The molecule has 0 saturated carbocycles. The molecule has 0 N–H and O–H groups in total. The predicted octanol–water partition coefficient (Wildman–Crippen LogP) is 2.29. The van der Waals surface area contributed by atoms with Crippen molar-refractivity contribution in [3.8, 4) is 0 Å². The van der Waals surface area contributed by atoms with Crippen LogP contribution < -0.4 is 0 Å². The molecule has 2 heteroatoms. The van der Waals surface area contributed by atoms with Crippen molar-refractivity contribution in [2.45, 2.75) is 44.8 Å². The van der Waals surface area contributed by atoms with Gasteiger partial charge in [-0.15, -0.1) is 0 Å². The lowest BCUT2D eigenvalue weighted by Crippen LogP contribution is -2.29. The van der Waals surface area contributed by atoms with Crippen LogP contribution in [0.5, 0.6) is 0 Å². The zero-order valence-electron chi connectivity index (χ0n) is 8.29. The molecule has 0 unspecified atom stereocenters. The molecule has 1 aliphatic heterocycles. The summed E-state index contributed by atoms with van der Waals surface area (Å²) in [5.74, 6) is 0. The van der Waals surface area contributed by atoms with E-state index in [2.05, 4.69) is 13.0 Å². The lowest BCUT2D eigenvalue weighted by Gasteiger charge is -2.32. The molecule has 1 heterocycles. The van der Waals surface area contributed by atoms with Gasteiger partial charge in [-0.1, -0.05) is 6.08 Å². The fourth-order valence-corrected chi connectivity index (χ4v) is 2.21. The molecule has 2 nitrogen and oxygen atoms in total. The molecule has 13 heavy (non-hydrogen) atoms. The molecule has 2 atom stereocenters. The van der Waals surface area contributed by atoms with E-state index in [1.165, 1.54) is 18.4 Å². The third-order valence-corrected chi connectivity index (χ3v) is 2.84. The smallest absolute Gasteiger partial charge is 0.0787 e. The lowest BCUT2D eigenvalue weighted by atomic mass is 9.90. The Labute approximate surface area is 79.9 Å². The summed E-state index contributed by atoms with van der Waals surface area (Å²) in [4.78, 5) is 0. The molecule has 0 radical (unpaired) electrons. The molecule has 0 aromatic heterocycles. The minimum atomic E-state index is 0.359. The van der Waals surface area contributed by atoms with Crippen molar-refractivity contribution in [1.82, 2.24) is 0 Å². The molecule has 1 saturated heterocycles. The first-order valence-electron chi connectivity index (χ1n) is 5.34. The van der Waals surface area contributed by atoms with Crippen LogP contribution in [0, 0.1) is 0 Å². The molecule has 0 aromatic carbocycles. The van der Waals surface area contributed by atoms with Gasteiger partial charge in [0.1, 0.15) is 0 Å². The first-order chi connectivity index (χ1) is 6.40. The van der Waals surface area contributed by atoms with Gasteiger partial charge in [-0.05, 0) is 38.2 Å². The van der Waals surface area contributed by atoms with Gasteiger partial charge < -0.3 is 9.47 Å². The summed E-state index contributed by atoms with van der Waals surface area (Å²) in [6.07, 6.45) is 7.74. The van der Waals surface area contributed by atoms with Gasteiger partial charge in [0.25, 0.3) is 0 Å². The fraction of sp³-hybridized carbons (Fsp3) is 0.818. The minimum Gasteiger partial charge on any atom is -0.374 e. The maximum absolute atomic E-state index is 5.68. The first-order valence-corrected chi connectivity index (χ1v) is 5.34. The van der Waals surface area contributed by atoms with Crippen LogP contribution in [-0.4, -0.2) is 25.4 Å². The molecule has 2 aliphatic rings. The maximum atomic E-state index is 5.68. The van der Waals surface area contributed by atoms with Gasteiger partial charge in [-0.25, -0.2) is 0 Å². The Morgan fingerprint density at radius 2 is 2.46 bits per heavy atom. The van der Waals surface area contributed by atoms with Crippen LogP contribution >= 0.6 is 0 Å². The average molecular weight is 182 g/mol. The summed E-state index contributed by atoms with van der Waals surface area (Å²) in [5.41, 5.74) is 1.48. The third kappa shape index (κ3) is 2.12. The van der Waals surface area contributed by atoms with E-state index in [0.29, 0.717) is 12.2 Å². The van der Waals surface area contributed by atoms with E-state index in [-0.39, 0.29) is 0 Å². The van der Waals surface area contributed by atoms with Crippen LogP contribution in [0.25, 0.3) is 0 Å². The number of rotatable bonds is 2. The van der Waals surface area contributed by atoms with Gasteiger partial charge >= 0.3 is 0 Å². The van der Waals surface area contributed by atoms with E-state index >= 15 is 0 Å². The van der Waals surface area contributed by atoms with Gasteiger partial charge in [0.2, 0.25) is 0 Å². The van der Waals surface area contributed by atoms with Gasteiger partial charge in [0.05, 0.1) is 12.2 Å². The van der Waals surface area contributed by atoms with Crippen molar-refractivity contribution in [3.63, 3.8) is 0 Å². The van der Waals surface area contributed by atoms with E-state index in [9.17, 15) is 0 Å². The van der Waals surface area contributed by atoms with E-state index in [1.807, 2.05) is 0 Å². The first kappa shape index (κ1) is 9.22. The van der Waals surface area contributed by atoms with Gasteiger partial charge in [-0.2, -0.15) is 0 Å². The second-order valence-corrected chi connectivity index (χ2v) is 3.78. The van der Waals surface area contributed by atoms with Crippen LogP contribution in [0.3, 0.4) is 0 Å². The Bertz CT molecular complexity index is 198. The molecule has 2 rings (SSSR count). The number of fused-ring (bicyclic) bond motifs is 1. The lowest BCUT2D eigenvalue weighted by molar-refractivity contribution is 0.0148. The minimum absolute atomic E-state index is 0.359. The van der Waals surface area contributed by atoms with Crippen molar-refractivity contribution in [1.29, 1.82) is 0 Å². The zero-order chi connectivity index (χ0) is 9.10. The van der Waals surface area contributed by atoms with Gasteiger partial charge in [-0.3, -0.25) is 0 Å². The fourth-order valence-electron chi connectivity index (χ4n) is 2.21. The summed E-state index contributed by atoms with van der Waals surface area (Å²) in [5, 5.41) is 0. The van der Waals surface area contributed by atoms with E-state index in [4.69, 9.17) is 9.47 Å². The number of hydrogen-bond donors (Lipinski definition) is 0. The highest BCUT2D eigenvalue weighted by Gasteiger charge is 2.25. The SMILES string of the molecule is CCO[C@@H]1C=C2CCCO[C@@H]2CC1. The summed E-state index contributed by atoms with van der Waals surface area (Å²) >= 11 is 0. The molecule has 0 bridgehead atoms. The summed E-state index contributed by atoms with van der Waals surface area (Å²) in [6.45, 7) is 3.82. The van der Waals surface area contributed by atoms with Crippen LogP contribution in [0.2, 0.25) is 0 Å². The van der Waals surface area contributed by atoms with Crippen molar-refractivity contribution in [3.05, 3.63) is 11.6 Å². The van der Waals surface area contributed by atoms with Gasteiger partial charge in [0, 0.05) is 13.2 Å². The Morgan fingerprint density at radius 1 is 1.54 bits per heavy atom. The molecular weight excluding hydrogens is 164 g/mol. The van der Waals surface area contributed by atoms with Crippen molar-refractivity contribution in [2.75, 3.05) is 13.2 Å². The Balaban J connectivity index is 1.99. The quantitative estimate of drug-likeness (QED) is 0.610. The standard InChI is InChI=1S/C11H18O2/c1-2-12-10-5-6-11-9(8-10)4-3-7-13-11/h8,10-11H,2-7H2,1H3/t10-,11+/m0/s1. The number of ether oxygens (including phenoxy) is 2. The van der Waals surface area contributed by atoms with Crippen molar-refractivity contribution >= 4 is 0 Å². The molecule has 0 aromatic rings. The maximum Gasteiger partial charge on any atom is 0.0787 e. The van der Waals surface area contributed by atoms with Crippen LogP contribution in [-0.2, 0) is 9.47 Å². The highest BCUT2D eigenvalue weighted by atomic mass is 16.5. The highest BCUT2D eigenvalue weighted by molar-refractivity contribution is 5.16. The predicted molar refractivity (Wildman–Crippen MR) is 51.7 cm³/mol. The average Bonchev–Trinajstić information content (AvgIpc) is 2.18. The zero-order valence-corrected chi connectivity index (χ0v) is 8.29. The molecule has 0 amide bonds. The van der Waals surface area contributed by atoms with E-state index in [0.717, 1.165) is 26.1 Å². The molecule has 1 aliphatic carbocycles. The number of hydrogen-bond acceptors (Lipinski definition) is 2.